The van der Waals surface area contributed by atoms with Crippen LogP contribution in [-0.4, -0.2) is 28.5 Å². The Morgan fingerprint density at radius 3 is 2.13 bits per heavy atom. The topological polar surface area (TPSA) is 93.7 Å². The summed E-state index contributed by atoms with van der Waals surface area (Å²) in [5.74, 6) is 0.724. The summed E-state index contributed by atoms with van der Waals surface area (Å²) < 4.78 is 38.3. The molecular formula is C23H24N2O5S. The second-order valence-electron chi connectivity index (χ2n) is 6.97. The number of nitrogens with one attached hydrogen (secondary N) is 2. The van der Waals surface area contributed by atoms with Gasteiger partial charge in [-0.25, -0.2) is 8.42 Å². The number of anilines is 2. The Morgan fingerprint density at radius 1 is 0.839 bits per heavy atom. The van der Waals surface area contributed by atoms with Gasteiger partial charge in [0.2, 0.25) is 0 Å². The Hall–Kier alpha value is -3.52. The molecule has 1 amide bonds. The Labute approximate surface area is 182 Å². The molecule has 8 heteroatoms. The third kappa shape index (κ3) is 5.16. The molecule has 0 bridgehead atoms. The molecular weight excluding hydrogens is 416 g/mol. The van der Waals surface area contributed by atoms with Crippen molar-refractivity contribution in [2.45, 2.75) is 18.7 Å². The van der Waals surface area contributed by atoms with E-state index in [1.54, 1.807) is 67.6 Å². The molecule has 2 N–H and O–H groups in total. The summed E-state index contributed by atoms with van der Waals surface area (Å²) in [5.41, 5.74) is 2.94. The number of benzene rings is 3. The first-order chi connectivity index (χ1) is 14.7. The predicted octanol–water partition coefficient (Wildman–Crippen LogP) is 4.37. The smallest absolute Gasteiger partial charge is 0.261 e. The molecule has 0 radical (unpaired) electrons. The normalized spacial score (nSPS) is 11.0. The van der Waals surface area contributed by atoms with Crippen LogP contribution in [0.25, 0.3) is 0 Å². The monoisotopic (exact) mass is 440 g/mol. The molecule has 31 heavy (non-hydrogen) atoms. The van der Waals surface area contributed by atoms with Gasteiger partial charge in [0.1, 0.15) is 0 Å². The average molecular weight is 441 g/mol. The van der Waals surface area contributed by atoms with Crippen molar-refractivity contribution in [2.24, 2.45) is 0 Å². The molecule has 0 saturated heterocycles. The summed E-state index contributed by atoms with van der Waals surface area (Å²) in [6, 6.07) is 16.4. The van der Waals surface area contributed by atoms with Crippen molar-refractivity contribution >= 4 is 27.3 Å². The number of aryl methyl sites for hydroxylation is 2. The first-order valence-electron chi connectivity index (χ1n) is 9.47. The van der Waals surface area contributed by atoms with Crippen molar-refractivity contribution in [1.29, 1.82) is 0 Å². The molecule has 0 fully saturated rings. The van der Waals surface area contributed by atoms with Gasteiger partial charge in [-0.1, -0.05) is 17.7 Å². The molecule has 3 rings (SSSR count). The Balaban J connectivity index is 1.77. The molecule has 0 atom stereocenters. The van der Waals surface area contributed by atoms with Crippen molar-refractivity contribution in [3.05, 3.63) is 77.4 Å². The van der Waals surface area contributed by atoms with Crippen molar-refractivity contribution in [2.75, 3.05) is 24.3 Å². The lowest BCUT2D eigenvalue weighted by Gasteiger charge is -2.13. The highest BCUT2D eigenvalue weighted by Gasteiger charge is 2.16. The molecule has 162 valence electrons. The number of methoxy groups -OCH3 is 2. The first-order valence-corrected chi connectivity index (χ1v) is 11.0. The molecule has 0 heterocycles. The van der Waals surface area contributed by atoms with E-state index >= 15 is 0 Å². The zero-order chi connectivity index (χ0) is 22.6. The van der Waals surface area contributed by atoms with E-state index in [4.69, 9.17) is 9.47 Å². The fourth-order valence-electron chi connectivity index (χ4n) is 2.96. The summed E-state index contributed by atoms with van der Waals surface area (Å²) in [4.78, 5) is 12.8. The van der Waals surface area contributed by atoms with E-state index in [0.29, 0.717) is 34.0 Å². The standard InChI is InChI=1S/C23H24N2O5S/c1-15-5-9-19(10-6-15)31(27,28)25-20-11-7-17(13-16(20)2)23(26)24-18-8-12-21(29-3)22(14-18)30-4/h5-14,25H,1-4H3,(H,24,26). The number of rotatable bonds is 7. The Kier molecular flexibility index (Phi) is 6.50. The van der Waals surface area contributed by atoms with E-state index in [-0.39, 0.29) is 10.8 Å². The van der Waals surface area contributed by atoms with Gasteiger partial charge >= 0.3 is 0 Å². The van der Waals surface area contributed by atoms with Crippen molar-refractivity contribution in [3.63, 3.8) is 0 Å². The molecule has 0 aliphatic carbocycles. The maximum atomic E-state index is 12.6. The molecule has 0 spiro atoms. The molecule has 7 nitrogen and oxygen atoms in total. The number of ether oxygens (including phenoxy) is 2. The maximum absolute atomic E-state index is 12.6. The van der Waals surface area contributed by atoms with Gasteiger partial charge in [0.15, 0.2) is 11.5 Å². The van der Waals surface area contributed by atoms with Crippen LogP contribution in [0.3, 0.4) is 0 Å². The minimum Gasteiger partial charge on any atom is -0.493 e. The Morgan fingerprint density at radius 2 is 1.52 bits per heavy atom. The van der Waals surface area contributed by atoms with Crippen LogP contribution in [0.1, 0.15) is 21.5 Å². The minimum atomic E-state index is -3.72. The summed E-state index contributed by atoms with van der Waals surface area (Å²) >= 11 is 0. The highest BCUT2D eigenvalue weighted by molar-refractivity contribution is 7.92. The fraction of sp³-hybridized carbons (Fsp3) is 0.174. The highest BCUT2D eigenvalue weighted by Crippen LogP contribution is 2.30. The van der Waals surface area contributed by atoms with E-state index in [1.165, 1.54) is 14.2 Å². The van der Waals surface area contributed by atoms with Gasteiger partial charge in [0.25, 0.3) is 15.9 Å². The lowest BCUT2D eigenvalue weighted by atomic mass is 10.1. The minimum absolute atomic E-state index is 0.174. The molecule has 0 unspecified atom stereocenters. The van der Waals surface area contributed by atoms with Gasteiger partial charge in [0, 0.05) is 17.3 Å². The number of sulfonamides is 1. The van der Waals surface area contributed by atoms with E-state index in [1.807, 2.05) is 6.92 Å². The highest BCUT2D eigenvalue weighted by atomic mass is 32.2. The van der Waals surface area contributed by atoms with E-state index in [2.05, 4.69) is 10.0 Å². The molecule has 0 saturated carbocycles. The number of carbonyl (C=O) groups excluding carboxylic acids is 1. The van der Waals surface area contributed by atoms with E-state index < -0.39 is 10.0 Å². The van der Waals surface area contributed by atoms with Gasteiger partial charge in [0.05, 0.1) is 24.8 Å². The number of carbonyl (C=O) groups is 1. The first kappa shape index (κ1) is 22.2. The quantitative estimate of drug-likeness (QED) is 0.569. The van der Waals surface area contributed by atoms with Crippen LogP contribution in [0, 0.1) is 13.8 Å². The molecule has 0 aliphatic rings. The fourth-order valence-corrected chi connectivity index (χ4v) is 4.09. The number of amides is 1. The van der Waals surface area contributed by atoms with Crippen molar-refractivity contribution in [1.82, 2.24) is 0 Å². The second-order valence-corrected chi connectivity index (χ2v) is 8.65. The predicted molar refractivity (Wildman–Crippen MR) is 121 cm³/mol. The third-order valence-corrected chi connectivity index (χ3v) is 6.09. The average Bonchev–Trinajstić information content (AvgIpc) is 2.75. The van der Waals surface area contributed by atoms with Crippen LogP contribution in [-0.2, 0) is 10.0 Å². The SMILES string of the molecule is COc1ccc(NC(=O)c2ccc(NS(=O)(=O)c3ccc(C)cc3)c(C)c2)cc1OC. The van der Waals surface area contributed by atoms with Gasteiger partial charge in [-0.15, -0.1) is 0 Å². The van der Waals surface area contributed by atoms with Gasteiger partial charge in [-0.3, -0.25) is 9.52 Å². The third-order valence-electron chi connectivity index (χ3n) is 4.71. The molecule has 0 aromatic heterocycles. The summed E-state index contributed by atoms with van der Waals surface area (Å²) in [7, 11) is -0.673. The van der Waals surface area contributed by atoms with Gasteiger partial charge < -0.3 is 14.8 Å². The summed E-state index contributed by atoms with van der Waals surface area (Å²) in [6.45, 7) is 3.62. The van der Waals surface area contributed by atoms with Gasteiger partial charge in [-0.05, 0) is 61.9 Å². The maximum Gasteiger partial charge on any atom is 0.261 e. The number of hydrogen-bond acceptors (Lipinski definition) is 5. The largest absolute Gasteiger partial charge is 0.493 e. The van der Waals surface area contributed by atoms with Crippen molar-refractivity contribution in [3.8, 4) is 11.5 Å². The lowest BCUT2D eigenvalue weighted by molar-refractivity contribution is 0.102. The summed E-state index contributed by atoms with van der Waals surface area (Å²) in [6.07, 6.45) is 0. The van der Waals surface area contributed by atoms with Crippen LogP contribution < -0.4 is 19.5 Å². The molecule has 3 aromatic carbocycles. The van der Waals surface area contributed by atoms with Crippen LogP contribution >= 0.6 is 0 Å². The zero-order valence-corrected chi connectivity index (χ0v) is 18.5. The van der Waals surface area contributed by atoms with E-state index in [0.717, 1.165) is 5.56 Å². The van der Waals surface area contributed by atoms with Crippen LogP contribution in [0.4, 0.5) is 11.4 Å². The van der Waals surface area contributed by atoms with E-state index in [9.17, 15) is 13.2 Å². The number of hydrogen-bond donors (Lipinski definition) is 2. The molecule has 0 aliphatic heterocycles. The zero-order valence-electron chi connectivity index (χ0n) is 17.7. The van der Waals surface area contributed by atoms with Crippen molar-refractivity contribution < 1.29 is 22.7 Å². The van der Waals surface area contributed by atoms with Crippen LogP contribution in [0.2, 0.25) is 0 Å². The lowest BCUT2D eigenvalue weighted by Crippen LogP contribution is -2.15. The molecule has 3 aromatic rings. The Bertz CT molecular complexity index is 1210. The van der Waals surface area contributed by atoms with Crippen LogP contribution in [0.5, 0.6) is 11.5 Å². The van der Waals surface area contributed by atoms with Crippen LogP contribution in [0.15, 0.2) is 65.6 Å². The second kappa shape index (κ2) is 9.09. The van der Waals surface area contributed by atoms with Gasteiger partial charge in [-0.2, -0.15) is 0 Å². The summed E-state index contributed by atoms with van der Waals surface area (Å²) in [5, 5.41) is 2.80.